The van der Waals surface area contributed by atoms with Gasteiger partial charge in [0.05, 0.1) is 6.61 Å². The predicted octanol–water partition coefficient (Wildman–Crippen LogP) is 8.11. The Kier molecular flexibility index (Phi) is 19.7. The molecule has 0 aromatic rings. The molecule has 3 heteroatoms. The topological polar surface area (TPSA) is 35.5 Å². The third-order valence-corrected chi connectivity index (χ3v) is 5.19. The SMILES string of the molecule is C=C(/C=C(/OCCOC)C(=C)CC)C(=C)/C(=C\C(=C)C(C)/C=C\C(C)CC)CC.C=CC=O. The molecule has 0 heterocycles. The highest BCUT2D eigenvalue weighted by Crippen LogP contribution is 2.26. The van der Waals surface area contributed by atoms with E-state index in [1.54, 1.807) is 7.11 Å². The van der Waals surface area contributed by atoms with Crippen LogP contribution in [-0.4, -0.2) is 26.6 Å². The molecule has 0 N–H and O–H groups in total. The van der Waals surface area contributed by atoms with E-state index in [4.69, 9.17) is 14.3 Å². The summed E-state index contributed by atoms with van der Waals surface area (Å²) in [7, 11) is 1.66. The Labute approximate surface area is 203 Å². The Morgan fingerprint density at radius 3 is 2.00 bits per heavy atom. The maximum absolute atomic E-state index is 9.06. The molecular formula is C30H46O3. The fourth-order valence-corrected chi connectivity index (χ4v) is 2.48. The standard InChI is InChI=1S/C27H42O2.C3H4O/c1-11-20(4)14-15-22(6)23(7)18-26(13-3)25(9)24(8)19-27(21(5)12-2)29-17-16-28-10;1-2-3-4/h14-15,18-20,22H,5,7-9,11-13,16-17H2,1-4,6,10H3;2-3H,1H2/b15-14-,26-18-,27-19+;. The average molecular weight is 455 g/mol. The van der Waals surface area contributed by atoms with E-state index in [0.29, 0.717) is 25.4 Å². The number of aldehydes is 1. The average Bonchev–Trinajstić information content (AvgIpc) is 2.83. The second-order valence-electron chi connectivity index (χ2n) is 7.84. The molecule has 33 heavy (non-hydrogen) atoms. The zero-order chi connectivity index (χ0) is 25.8. The van der Waals surface area contributed by atoms with Crippen LogP contribution in [0.25, 0.3) is 0 Å². The van der Waals surface area contributed by atoms with Crippen LogP contribution in [0.2, 0.25) is 0 Å². The minimum Gasteiger partial charge on any atom is -0.491 e. The van der Waals surface area contributed by atoms with Crippen molar-refractivity contribution < 1.29 is 14.3 Å². The zero-order valence-corrected chi connectivity index (χ0v) is 21.9. The van der Waals surface area contributed by atoms with E-state index in [9.17, 15) is 0 Å². The Morgan fingerprint density at radius 2 is 1.55 bits per heavy atom. The number of carbonyl (C=O) groups excluding carboxylic acids is 1. The number of carbonyl (C=O) groups is 1. The number of allylic oxidation sites excluding steroid dienone is 10. The van der Waals surface area contributed by atoms with E-state index in [1.165, 1.54) is 6.08 Å². The highest BCUT2D eigenvalue weighted by Gasteiger charge is 2.10. The summed E-state index contributed by atoms with van der Waals surface area (Å²) in [6.07, 6.45) is 13.2. The van der Waals surface area contributed by atoms with Crippen LogP contribution in [0.3, 0.4) is 0 Å². The number of methoxy groups -OCH3 is 1. The van der Waals surface area contributed by atoms with Gasteiger partial charge in [-0.2, -0.15) is 0 Å². The normalized spacial score (nSPS) is 13.4. The molecule has 0 fully saturated rings. The highest BCUT2D eigenvalue weighted by molar-refractivity contribution is 5.63. The van der Waals surface area contributed by atoms with Crippen molar-refractivity contribution in [3.05, 3.63) is 96.9 Å². The Bertz CT molecular complexity index is 741. The first kappa shape index (κ1) is 32.5. The van der Waals surface area contributed by atoms with Crippen LogP contribution >= 0.6 is 0 Å². The lowest BCUT2D eigenvalue weighted by Gasteiger charge is -2.16. The van der Waals surface area contributed by atoms with E-state index in [2.05, 4.69) is 85.7 Å². The van der Waals surface area contributed by atoms with Gasteiger partial charge in [-0.3, -0.25) is 4.79 Å². The van der Waals surface area contributed by atoms with Crippen LogP contribution in [0.5, 0.6) is 0 Å². The van der Waals surface area contributed by atoms with Crippen LogP contribution in [0.15, 0.2) is 96.9 Å². The van der Waals surface area contributed by atoms with Gasteiger partial charge in [-0.15, -0.1) is 0 Å². The molecule has 0 bridgehead atoms. The second-order valence-corrected chi connectivity index (χ2v) is 7.84. The summed E-state index contributed by atoms with van der Waals surface area (Å²) in [4.78, 5) is 9.06. The second kappa shape index (κ2) is 20.0. The van der Waals surface area contributed by atoms with Gasteiger partial charge in [0.1, 0.15) is 18.7 Å². The molecule has 0 aromatic carbocycles. The third kappa shape index (κ3) is 14.9. The molecule has 0 radical (unpaired) electrons. The van der Waals surface area contributed by atoms with Gasteiger partial charge in [0.2, 0.25) is 0 Å². The van der Waals surface area contributed by atoms with Crippen molar-refractivity contribution in [3.63, 3.8) is 0 Å². The van der Waals surface area contributed by atoms with Crippen molar-refractivity contribution >= 4 is 6.29 Å². The first-order valence-corrected chi connectivity index (χ1v) is 11.7. The quantitative estimate of drug-likeness (QED) is 0.0590. The number of ether oxygens (including phenoxy) is 2. The summed E-state index contributed by atoms with van der Waals surface area (Å²) in [5, 5.41) is 0. The monoisotopic (exact) mass is 454 g/mol. The molecule has 0 spiro atoms. The molecule has 0 aliphatic rings. The minimum atomic E-state index is 0.287. The summed E-state index contributed by atoms with van der Waals surface area (Å²) in [5.41, 5.74) is 4.89. The van der Waals surface area contributed by atoms with Gasteiger partial charge >= 0.3 is 0 Å². The lowest BCUT2D eigenvalue weighted by Crippen LogP contribution is -2.04. The molecular weight excluding hydrogens is 408 g/mol. The number of rotatable bonds is 16. The predicted molar refractivity (Wildman–Crippen MR) is 145 cm³/mol. The van der Waals surface area contributed by atoms with Gasteiger partial charge < -0.3 is 9.47 Å². The molecule has 0 rings (SSSR count). The van der Waals surface area contributed by atoms with Gasteiger partial charge in [-0.1, -0.05) is 92.2 Å². The van der Waals surface area contributed by atoms with E-state index in [0.717, 1.165) is 52.9 Å². The first-order valence-electron chi connectivity index (χ1n) is 11.7. The lowest BCUT2D eigenvalue weighted by molar-refractivity contribution is -0.104. The summed E-state index contributed by atoms with van der Waals surface area (Å²) < 4.78 is 10.9. The Hall–Kier alpha value is -2.65. The molecule has 0 amide bonds. The van der Waals surface area contributed by atoms with Crippen molar-refractivity contribution in [2.24, 2.45) is 11.8 Å². The van der Waals surface area contributed by atoms with Gasteiger partial charge in [0.15, 0.2) is 0 Å². The fourth-order valence-electron chi connectivity index (χ4n) is 2.48. The summed E-state index contributed by atoms with van der Waals surface area (Å²) >= 11 is 0. The lowest BCUT2D eigenvalue weighted by atomic mass is 9.92. The van der Waals surface area contributed by atoms with E-state index in [-0.39, 0.29) is 5.92 Å². The Morgan fingerprint density at radius 1 is 0.939 bits per heavy atom. The van der Waals surface area contributed by atoms with Crippen LogP contribution in [0.4, 0.5) is 0 Å². The molecule has 2 atom stereocenters. The molecule has 2 unspecified atom stereocenters. The smallest absolute Gasteiger partial charge is 0.142 e. The molecule has 3 nitrogen and oxygen atoms in total. The van der Waals surface area contributed by atoms with Crippen molar-refractivity contribution in [1.29, 1.82) is 0 Å². The van der Waals surface area contributed by atoms with Crippen molar-refractivity contribution in [2.75, 3.05) is 20.3 Å². The van der Waals surface area contributed by atoms with E-state index in [1.807, 2.05) is 6.08 Å². The summed E-state index contributed by atoms with van der Waals surface area (Å²) in [6.45, 7) is 31.8. The molecule has 0 aliphatic carbocycles. The molecule has 0 aromatic heterocycles. The molecule has 0 aliphatic heterocycles. The largest absolute Gasteiger partial charge is 0.491 e. The maximum Gasteiger partial charge on any atom is 0.142 e. The fraction of sp³-hybridized carbons (Fsp3) is 0.433. The van der Waals surface area contributed by atoms with Crippen LogP contribution in [-0.2, 0) is 14.3 Å². The summed E-state index contributed by atoms with van der Waals surface area (Å²) in [6, 6.07) is 0. The Balaban J connectivity index is 0. The van der Waals surface area contributed by atoms with Crippen molar-refractivity contribution in [3.8, 4) is 0 Å². The maximum atomic E-state index is 9.06. The van der Waals surface area contributed by atoms with Crippen LogP contribution in [0.1, 0.15) is 53.9 Å². The highest BCUT2D eigenvalue weighted by atomic mass is 16.5. The van der Waals surface area contributed by atoms with Crippen LogP contribution in [0, 0.1) is 11.8 Å². The third-order valence-electron chi connectivity index (χ3n) is 5.19. The minimum absolute atomic E-state index is 0.287. The van der Waals surface area contributed by atoms with E-state index >= 15 is 0 Å². The summed E-state index contributed by atoms with van der Waals surface area (Å²) in [5.74, 6) is 1.62. The molecule has 0 saturated carbocycles. The van der Waals surface area contributed by atoms with Crippen molar-refractivity contribution in [2.45, 2.75) is 53.9 Å². The van der Waals surface area contributed by atoms with E-state index < -0.39 is 0 Å². The molecule has 184 valence electrons. The van der Waals surface area contributed by atoms with Gasteiger partial charge in [-0.05, 0) is 64.7 Å². The first-order chi connectivity index (χ1) is 15.6. The van der Waals surface area contributed by atoms with Gasteiger partial charge in [-0.25, -0.2) is 0 Å². The number of hydrogen-bond donors (Lipinski definition) is 0. The van der Waals surface area contributed by atoms with Crippen molar-refractivity contribution in [1.82, 2.24) is 0 Å². The van der Waals surface area contributed by atoms with Gasteiger partial charge in [0, 0.05) is 7.11 Å². The molecule has 0 saturated heterocycles. The van der Waals surface area contributed by atoms with Crippen LogP contribution < -0.4 is 0 Å². The number of hydrogen-bond acceptors (Lipinski definition) is 3. The van der Waals surface area contributed by atoms with Gasteiger partial charge in [0.25, 0.3) is 0 Å². The zero-order valence-electron chi connectivity index (χ0n) is 21.9.